The number of thiazole rings is 1. The van der Waals surface area contributed by atoms with Crippen molar-refractivity contribution in [1.82, 2.24) is 4.98 Å². The first-order valence-corrected chi connectivity index (χ1v) is 10.4. The van der Waals surface area contributed by atoms with E-state index >= 15 is 0 Å². The van der Waals surface area contributed by atoms with Crippen LogP contribution in [0.1, 0.15) is 12.1 Å². The first kappa shape index (κ1) is 19.0. The minimum atomic E-state index is -5.40. The van der Waals surface area contributed by atoms with Gasteiger partial charge in [-0.3, -0.25) is 0 Å². The van der Waals surface area contributed by atoms with Gasteiger partial charge in [0.1, 0.15) is 0 Å². The van der Waals surface area contributed by atoms with E-state index in [1.165, 1.54) is 23.5 Å². The van der Waals surface area contributed by atoms with E-state index in [1.54, 1.807) is 11.0 Å². The molecule has 0 radical (unpaired) electrons. The second-order valence-electron chi connectivity index (χ2n) is 6.02. The summed E-state index contributed by atoms with van der Waals surface area (Å²) < 4.78 is 62.9. The van der Waals surface area contributed by atoms with Crippen LogP contribution in [0.5, 0.6) is 0 Å². The van der Waals surface area contributed by atoms with Crippen molar-refractivity contribution in [3.8, 4) is 0 Å². The predicted octanol–water partition coefficient (Wildman–Crippen LogP) is 3.46. The average Bonchev–Trinajstić information content (AvgIpc) is 2.87. The molecule has 142 valence electrons. The molecule has 0 unspecified atom stereocenters. The van der Waals surface area contributed by atoms with E-state index in [-0.39, 0.29) is 5.69 Å². The first-order valence-electron chi connectivity index (χ1n) is 8.02. The minimum Gasteiger partial charge on any atom is -0.369 e. The summed E-state index contributed by atoms with van der Waals surface area (Å²) in [6.07, 6.45) is 0.693. The van der Waals surface area contributed by atoms with Gasteiger partial charge >= 0.3 is 5.51 Å². The molecule has 0 saturated carbocycles. The van der Waals surface area contributed by atoms with Crippen molar-refractivity contribution in [3.63, 3.8) is 0 Å². The van der Waals surface area contributed by atoms with Gasteiger partial charge in [0.2, 0.25) is 0 Å². The zero-order valence-corrected chi connectivity index (χ0v) is 15.7. The highest BCUT2D eigenvalue weighted by molar-refractivity contribution is 7.92. The van der Waals surface area contributed by atoms with Gasteiger partial charge in [0.25, 0.3) is 9.84 Å². The number of aryl methyl sites for hydroxylation is 1. The Hall–Kier alpha value is -1.81. The van der Waals surface area contributed by atoms with E-state index in [0.717, 1.165) is 23.4 Å². The second kappa shape index (κ2) is 7.07. The van der Waals surface area contributed by atoms with Crippen LogP contribution in [0, 0.1) is 6.92 Å². The number of sulfone groups is 1. The topological polar surface area (TPSA) is 53.5 Å². The van der Waals surface area contributed by atoms with Crippen LogP contribution in [0.3, 0.4) is 0 Å². The fraction of sp³-hybridized carbons (Fsp3) is 0.438. The number of hydrogen-bond donors (Lipinski definition) is 0. The molecule has 0 atom stereocenters. The molecule has 1 fully saturated rings. The zero-order valence-electron chi connectivity index (χ0n) is 14.0. The fourth-order valence-electron chi connectivity index (χ4n) is 2.91. The minimum absolute atomic E-state index is 0.0991. The van der Waals surface area contributed by atoms with E-state index < -0.39 is 20.2 Å². The summed E-state index contributed by atoms with van der Waals surface area (Å²) in [7, 11) is -5.40. The number of aromatic nitrogens is 1. The standard InChI is InChI=1S/C16H18F3N3O2S2/c1-12-11-25-15(20-12)22-8-4-7-21(9-10-22)13-5-2-3-6-14(13)26(23,24)16(17,18)19/h2-3,5-6,11H,4,7-10H2,1H3. The Morgan fingerprint density at radius 3 is 2.38 bits per heavy atom. The van der Waals surface area contributed by atoms with Crippen molar-refractivity contribution in [1.29, 1.82) is 0 Å². The van der Waals surface area contributed by atoms with Crippen molar-refractivity contribution in [3.05, 3.63) is 35.3 Å². The zero-order chi connectivity index (χ0) is 18.9. The lowest BCUT2D eigenvalue weighted by molar-refractivity contribution is -0.0435. The molecule has 3 rings (SSSR count). The normalized spacial score (nSPS) is 16.6. The van der Waals surface area contributed by atoms with Crippen LogP contribution >= 0.6 is 11.3 Å². The quantitative estimate of drug-likeness (QED) is 0.783. The van der Waals surface area contributed by atoms with Crippen LogP contribution in [0.15, 0.2) is 34.5 Å². The Bertz CT molecular complexity index is 881. The van der Waals surface area contributed by atoms with Crippen LogP contribution in [0.4, 0.5) is 24.0 Å². The molecule has 1 aliphatic heterocycles. The monoisotopic (exact) mass is 405 g/mol. The molecule has 26 heavy (non-hydrogen) atoms. The summed E-state index contributed by atoms with van der Waals surface area (Å²) in [6.45, 7) is 4.08. The maximum absolute atomic E-state index is 13.0. The number of alkyl halides is 3. The van der Waals surface area contributed by atoms with Gasteiger partial charge in [0.05, 0.1) is 16.3 Å². The van der Waals surface area contributed by atoms with Crippen molar-refractivity contribution >= 4 is 32.0 Å². The summed E-state index contributed by atoms with van der Waals surface area (Å²) in [5, 5.41) is 2.82. The van der Waals surface area contributed by atoms with Gasteiger partial charge < -0.3 is 9.80 Å². The van der Waals surface area contributed by atoms with Crippen LogP contribution in [0.25, 0.3) is 0 Å². The Labute approximate surface area is 154 Å². The molecule has 2 heterocycles. The van der Waals surface area contributed by atoms with Crippen LogP contribution in [-0.4, -0.2) is 45.1 Å². The highest BCUT2D eigenvalue weighted by Gasteiger charge is 2.48. The number of halogens is 3. The maximum atomic E-state index is 13.0. The number of para-hydroxylation sites is 1. The van der Waals surface area contributed by atoms with E-state index in [9.17, 15) is 21.6 Å². The van der Waals surface area contributed by atoms with E-state index in [2.05, 4.69) is 9.88 Å². The van der Waals surface area contributed by atoms with Crippen molar-refractivity contribution in [2.45, 2.75) is 23.7 Å². The van der Waals surface area contributed by atoms with Gasteiger partial charge in [0.15, 0.2) is 5.13 Å². The Balaban J connectivity index is 1.87. The van der Waals surface area contributed by atoms with Gasteiger partial charge in [-0.2, -0.15) is 13.2 Å². The molecule has 1 saturated heterocycles. The van der Waals surface area contributed by atoms with Crippen LogP contribution < -0.4 is 9.80 Å². The molecule has 0 N–H and O–H groups in total. The first-order chi connectivity index (χ1) is 12.2. The molecule has 0 bridgehead atoms. The number of benzene rings is 1. The van der Waals surface area contributed by atoms with E-state index in [0.29, 0.717) is 26.1 Å². The molecule has 1 aromatic heterocycles. The third-order valence-corrected chi connectivity index (χ3v) is 6.73. The SMILES string of the molecule is Cc1csc(N2CCCN(c3ccccc3S(=O)(=O)C(F)(F)F)CC2)n1. The predicted molar refractivity (Wildman–Crippen MR) is 95.6 cm³/mol. The Morgan fingerprint density at radius 2 is 1.73 bits per heavy atom. The van der Waals surface area contributed by atoms with Crippen LogP contribution in [0.2, 0.25) is 0 Å². The molecule has 5 nitrogen and oxygen atoms in total. The Kier molecular flexibility index (Phi) is 5.16. The fourth-order valence-corrected chi connectivity index (χ4v) is 4.74. The average molecular weight is 405 g/mol. The third kappa shape index (κ3) is 3.66. The molecule has 1 aromatic carbocycles. The highest BCUT2D eigenvalue weighted by Crippen LogP contribution is 2.36. The largest absolute Gasteiger partial charge is 0.501 e. The molecule has 2 aromatic rings. The summed E-state index contributed by atoms with van der Waals surface area (Å²) >= 11 is 1.52. The molecule has 10 heteroatoms. The van der Waals surface area contributed by atoms with Gasteiger partial charge in [0, 0.05) is 31.6 Å². The van der Waals surface area contributed by atoms with E-state index in [4.69, 9.17) is 0 Å². The number of anilines is 2. The van der Waals surface area contributed by atoms with Crippen molar-refractivity contribution in [2.24, 2.45) is 0 Å². The Morgan fingerprint density at radius 1 is 1.08 bits per heavy atom. The summed E-state index contributed by atoms with van der Waals surface area (Å²) in [6, 6.07) is 5.31. The molecular formula is C16H18F3N3O2S2. The lowest BCUT2D eigenvalue weighted by Crippen LogP contribution is -2.32. The molecular weight excluding hydrogens is 387 g/mol. The molecule has 1 aliphatic rings. The van der Waals surface area contributed by atoms with E-state index in [1.807, 2.05) is 12.3 Å². The van der Waals surface area contributed by atoms with Gasteiger partial charge in [-0.1, -0.05) is 12.1 Å². The molecule has 0 amide bonds. The van der Waals surface area contributed by atoms with Gasteiger partial charge in [-0.05, 0) is 25.5 Å². The second-order valence-corrected chi connectivity index (χ2v) is 8.76. The summed E-state index contributed by atoms with van der Waals surface area (Å²) in [4.78, 5) is 7.54. The van der Waals surface area contributed by atoms with Crippen LogP contribution in [-0.2, 0) is 9.84 Å². The van der Waals surface area contributed by atoms with Gasteiger partial charge in [-0.25, -0.2) is 13.4 Å². The maximum Gasteiger partial charge on any atom is 0.501 e. The number of rotatable bonds is 3. The lowest BCUT2D eigenvalue weighted by atomic mass is 10.2. The number of hydrogen-bond acceptors (Lipinski definition) is 6. The van der Waals surface area contributed by atoms with Crippen molar-refractivity contribution in [2.75, 3.05) is 36.0 Å². The van der Waals surface area contributed by atoms with Gasteiger partial charge in [-0.15, -0.1) is 11.3 Å². The number of nitrogens with zero attached hydrogens (tertiary/aromatic N) is 3. The molecule has 0 aliphatic carbocycles. The summed E-state index contributed by atoms with van der Waals surface area (Å²) in [5.74, 6) is 0. The lowest BCUT2D eigenvalue weighted by Gasteiger charge is -2.26. The summed E-state index contributed by atoms with van der Waals surface area (Å²) in [5.41, 5.74) is -4.30. The third-order valence-electron chi connectivity index (χ3n) is 4.17. The highest BCUT2D eigenvalue weighted by atomic mass is 32.2. The van der Waals surface area contributed by atoms with Crippen molar-refractivity contribution < 1.29 is 21.6 Å². The smallest absolute Gasteiger partial charge is 0.369 e. The molecule has 0 spiro atoms.